The zero-order valence-electron chi connectivity index (χ0n) is 8.03. The van der Waals surface area contributed by atoms with E-state index < -0.39 is 0 Å². The van der Waals surface area contributed by atoms with Gasteiger partial charge in [0.25, 0.3) is 0 Å². The molecule has 0 amide bonds. The first-order valence-corrected chi connectivity index (χ1v) is 4.92. The Morgan fingerprint density at radius 3 is 2.92 bits per heavy atom. The molecule has 1 aromatic heterocycles. The quantitative estimate of drug-likeness (QED) is 0.697. The lowest BCUT2D eigenvalue weighted by atomic mass is 10.2. The summed E-state index contributed by atoms with van der Waals surface area (Å²) in [5.41, 5.74) is 0. The van der Waals surface area contributed by atoms with Crippen LogP contribution in [0.3, 0.4) is 0 Å². The third-order valence-electron chi connectivity index (χ3n) is 1.71. The van der Waals surface area contributed by atoms with Gasteiger partial charge in [-0.05, 0) is 0 Å². The Labute approximate surface area is 81.8 Å². The second-order valence-electron chi connectivity index (χ2n) is 2.98. The number of aromatic nitrogens is 1. The lowest BCUT2D eigenvalue weighted by molar-refractivity contribution is 0.102. The molecule has 72 valence electrons. The number of Topliss-reactive ketones (excluding diaryl/α,β-unsaturated/α-hetero) is 1. The number of ketones is 1. The molecule has 4 heteroatoms. The molecular weight excluding hydrogens is 186 g/mol. The molecule has 0 aromatic carbocycles. The number of rotatable bonds is 4. The SMILES string of the molecule is COCC(C)c1ncc(C(C)=O)s1. The van der Waals surface area contributed by atoms with Crippen LogP contribution < -0.4 is 0 Å². The van der Waals surface area contributed by atoms with Crippen molar-refractivity contribution < 1.29 is 9.53 Å². The zero-order chi connectivity index (χ0) is 9.84. The average molecular weight is 199 g/mol. The van der Waals surface area contributed by atoms with E-state index in [1.807, 2.05) is 6.92 Å². The van der Waals surface area contributed by atoms with Crippen molar-refractivity contribution in [2.24, 2.45) is 0 Å². The Kier molecular flexibility index (Phi) is 3.57. The van der Waals surface area contributed by atoms with E-state index in [1.165, 1.54) is 11.3 Å². The first-order valence-electron chi connectivity index (χ1n) is 4.10. The van der Waals surface area contributed by atoms with Crippen molar-refractivity contribution >= 4 is 17.1 Å². The predicted molar refractivity (Wildman–Crippen MR) is 52.4 cm³/mol. The van der Waals surface area contributed by atoms with Crippen molar-refractivity contribution in [2.75, 3.05) is 13.7 Å². The van der Waals surface area contributed by atoms with Crippen molar-refractivity contribution in [1.29, 1.82) is 0 Å². The molecule has 1 rings (SSSR count). The first kappa shape index (κ1) is 10.3. The molecule has 0 spiro atoms. The number of ether oxygens (including phenoxy) is 1. The first-order chi connectivity index (χ1) is 6.15. The second-order valence-corrected chi connectivity index (χ2v) is 4.04. The minimum absolute atomic E-state index is 0.0772. The van der Waals surface area contributed by atoms with Crippen LogP contribution in [0, 0.1) is 0 Å². The smallest absolute Gasteiger partial charge is 0.171 e. The van der Waals surface area contributed by atoms with Crippen LogP contribution in [-0.2, 0) is 4.74 Å². The standard InChI is InChI=1S/C9H13NO2S/c1-6(5-12-3)9-10-4-8(13-9)7(2)11/h4,6H,5H2,1-3H3. The third kappa shape index (κ3) is 2.60. The number of carbonyl (C=O) groups excluding carboxylic acids is 1. The maximum Gasteiger partial charge on any atom is 0.171 e. The fraction of sp³-hybridized carbons (Fsp3) is 0.556. The summed E-state index contributed by atoms with van der Waals surface area (Å²) in [5, 5.41) is 0.965. The number of methoxy groups -OCH3 is 1. The molecule has 3 nitrogen and oxygen atoms in total. The Bertz CT molecular complexity index is 296. The molecule has 0 saturated heterocycles. The van der Waals surface area contributed by atoms with Crippen LogP contribution in [-0.4, -0.2) is 24.5 Å². The average Bonchev–Trinajstić information content (AvgIpc) is 2.52. The highest BCUT2D eigenvalue weighted by molar-refractivity contribution is 7.13. The van der Waals surface area contributed by atoms with Gasteiger partial charge in [-0.1, -0.05) is 6.92 Å². The fourth-order valence-electron chi connectivity index (χ4n) is 0.999. The topological polar surface area (TPSA) is 39.2 Å². The van der Waals surface area contributed by atoms with Crippen LogP contribution in [0.25, 0.3) is 0 Å². The van der Waals surface area contributed by atoms with Gasteiger partial charge in [-0.15, -0.1) is 11.3 Å². The zero-order valence-corrected chi connectivity index (χ0v) is 8.85. The van der Waals surface area contributed by atoms with Gasteiger partial charge in [0.05, 0.1) is 16.5 Å². The van der Waals surface area contributed by atoms with Gasteiger partial charge in [0, 0.05) is 26.1 Å². The summed E-state index contributed by atoms with van der Waals surface area (Å²) in [7, 11) is 1.66. The van der Waals surface area contributed by atoms with Crippen molar-refractivity contribution in [3.63, 3.8) is 0 Å². The highest BCUT2D eigenvalue weighted by Gasteiger charge is 2.11. The van der Waals surface area contributed by atoms with E-state index in [0.717, 1.165) is 9.88 Å². The largest absolute Gasteiger partial charge is 0.384 e. The second kappa shape index (κ2) is 4.48. The molecule has 0 saturated carbocycles. The molecule has 1 aromatic rings. The number of hydrogen-bond acceptors (Lipinski definition) is 4. The molecule has 0 radical (unpaired) electrons. The van der Waals surface area contributed by atoms with Crippen LogP contribution in [0.4, 0.5) is 0 Å². The van der Waals surface area contributed by atoms with Crippen LogP contribution in [0.2, 0.25) is 0 Å². The van der Waals surface area contributed by atoms with E-state index >= 15 is 0 Å². The minimum Gasteiger partial charge on any atom is -0.384 e. The molecular formula is C9H13NO2S. The normalized spacial score (nSPS) is 12.8. The van der Waals surface area contributed by atoms with E-state index in [2.05, 4.69) is 4.98 Å². The van der Waals surface area contributed by atoms with E-state index in [1.54, 1.807) is 20.2 Å². The molecule has 0 N–H and O–H groups in total. The van der Waals surface area contributed by atoms with Gasteiger partial charge in [0.2, 0.25) is 0 Å². The summed E-state index contributed by atoms with van der Waals surface area (Å²) in [5.74, 6) is 0.344. The van der Waals surface area contributed by atoms with Crippen LogP contribution in [0.1, 0.15) is 34.4 Å². The Morgan fingerprint density at radius 1 is 1.77 bits per heavy atom. The summed E-state index contributed by atoms with van der Waals surface area (Å²) < 4.78 is 5.01. The van der Waals surface area contributed by atoms with E-state index in [0.29, 0.717) is 6.61 Å². The number of thiazole rings is 1. The summed E-state index contributed by atoms with van der Waals surface area (Å²) in [4.78, 5) is 15.9. The lowest BCUT2D eigenvalue weighted by Crippen LogP contribution is -2.00. The highest BCUT2D eigenvalue weighted by Crippen LogP contribution is 2.21. The predicted octanol–water partition coefficient (Wildman–Crippen LogP) is 2.10. The van der Waals surface area contributed by atoms with Crippen LogP contribution in [0.15, 0.2) is 6.20 Å². The maximum atomic E-state index is 11.0. The van der Waals surface area contributed by atoms with E-state index in [-0.39, 0.29) is 11.7 Å². The number of nitrogens with zero attached hydrogens (tertiary/aromatic N) is 1. The molecule has 0 aliphatic carbocycles. The molecule has 0 fully saturated rings. The number of carbonyl (C=O) groups is 1. The Balaban J connectivity index is 2.73. The summed E-state index contributed by atoms with van der Waals surface area (Å²) in [6, 6.07) is 0. The highest BCUT2D eigenvalue weighted by atomic mass is 32.1. The van der Waals surface area contributed by atoms with Crippen LogP contribution >= 0.6 is 11.3 Å². The summed E-state index contributed by atoms with van der Waals surface area (Å²) in [6.45, 7) is 4.23. The number of hydrogen-bond donors (Lipinski definition) is 0. The maximum absolute atomic E-state index is 11.0. The Morgan fingerprint density at radius 2 is 2.46 bits per heavy atom. The Hall–Kier alpha value is -0.740. The van der Waals surface area contributed by atoms with Gasteiger partial charge >= 0.3 is 0 Å². The molecule has 0 bridgehead atoms. The molecule has 1 atom stereocenters. The summed E-state index contributed by atoms with van der Waals surface area (Å²) in [6.07, 6.45) is 1.63. The molecule has 0 aliphatic heterocycles. The van der Waals surface area contributed by atoms with Gasteiger partial charge in [0.15, 0.2) is 5.78 Å². The van der Waals surface area contributed by atoms with Crippen molar-refractivity contribution in [1.82, 2.24) is 4.98 Å². The molecule has 1 unspecified atom stereocenters. The van der Waals surface area contributed by atoms with Crippen molar-refractivity contribution in [3.05, 3.63) is 16.1 Å². The fourth-order valence-corrected chi connectivity index (χ4v) is 1.85. The molecule has 0 aliphatic rings. The van der Waals surface area contributed by atoms with Gasteiger partial charge in [-0.3, -0.25) is 4.79 Å². The van der Waals surface area contributed by atoms with Gasteiger partial charge in [0.1, 0.15) is 0 Å². The van der Waals surface area contributed by atoms with Crippen molar-refractivity contribution in [2.45, 2.75) is 19.8 Å². The lowest BCUT2D eigenvalue weighted by Gasteiger charge is -2.04. The van der Waals surface area contributed by atoms with Crippen LogP contribution in [0.5, 0.6) is 0 Å². The van der Waals surface area contributed by atoms with Gasteiger partial charge in [-0.25, -0.2) is 4.98 Å². The van der Waals surface area contributed by atoms with Gasteiger partial charge in [-0.2, -0.15) is 0 Å². The third-order valence-corrected chi connectivity index (χ3v) is 3.04. The molecule has 13 heavy (non-hydrogen) atoms. The van der Waals surface area contributed by atoms with E-state index in [4.69, 9.17) is 4.74 Å². The van der Waals surface area contributed by atoms with E-state index in [9.17, 15) is 4.79 Å². The van der Waals surface area contributed by atoms with Crippen molar-refractivity contribution in [3.8, 4) is 0 Å². The van der Waals surface area contributed by atoms with Gasteiger partial charge < -0.3 is 4.74 Å². The monoisotopic (exact) mass is 199 g/mol. The molecule has 1 heterocycles. The minimum atomic E-state index is 0.0772. The summed E-state index contributed by atoms with van der Waals surface area (Å²) >= 11 is 1.45.